The Morgan fingerprint density at radius 2 is 1.88 bits per heavy atom. The van der Waals surface area contributed by atoms with Crippen molar-refractivity contribution in [2.45, 2.75) is 49.7 Å². The molecule has 4 heteroatoms. The minimum Gasteiger partial charge on any atom is -0.354 e. The van der Waals surface area contributed by atoms with Crippen LogP contribution in [-0.2, 0) is 4.79 Å². The summed E-state index contributed by atoms with van der Waals surface area (Å²) >= 11 is 1.89. The zero-order chi connectivity index (χ0) is 12.4. The fraction of sp³-hybridized carbons (Fsp3) is 0.923. The molecule has 2 aliphatic carbocycles. The monoisotopic (exact) mass is 256 g/mol. The van der Waals surface area contributed by atoms with E-state index in [-0.39, 0.29) is 11.3 Å². The molecule has 0 bridgehead atoms. The molecule has 3 N–H and O–H groups in total. The van der Waals surface area contributed by atoms with Gasteiger partial charge in [0.15, 0.2) is 0 Å². The van der Waals surface area contributed by atoms with Gasteiger partial charge in [0, 0.05) is 17.8 Å². The van der Waals surface area contributed by atoms with Crippen LogP contribution in [0, 0.1) is 5.41 Å². The first-order valence-corrected chi connectivity index (χ1v) is 7.92. The molecule has 2 saturated carbocycles. The van der Waals surface area contributed by atoms with E-state index in [0.29, 0.717) is 11.3 Å². The van der Waals surface area contributed by atoms with Crippen molar-refractivity contribution in [1.82, 2.24) is 5.32 Å². The Labute approximate surface area is 108 Å². The lowest BCUT2D eigenvalue weighted by atomic mass is 9.73. The zero-order valence-corrected chi connectivity index (χ0v) is 11.6. The summed E-state index contributed by atoms with van der Waals surface area (Å²) in [5.41, 5.74) is 5.60. The molecule has 0 saturated heterocycles. The molecule has 0 spiro atoms. The normalized spacial score (nSPS) is 25.3. The summed E-state index contributed by atoms with van der Waals surface area (Å²) in [6, 6.07) is 0. The van der Waals surface area contributed by atoms with Gasteiger partial charge < -0.3 is 11.1 Å². The molecule has 0 aromatic carbocycles. The molecular formula is C13H24N2OS. The Bertz CT molecular complexity index is 283. The number of thioether (sulfide) groups is 1. The molecule has 1 amide bonds. The molecule has 3 nitrogen and oxygen atoms in total. The third-order valence-electron chi connectivity index (χ3n) is 4.49. The summed E-state index contributed by atoms with van der Waals surface area (Å²) < 4.78 is 0.347. The van der Waals surface area contributed by atoms with Gasteiger partial charge in [0.2, 0.25) is 5.91 Å². The van der Waals surface area contributed by atoms with Gasteiger partial charge in [0.1, 0.15) is 0 Å². The number of rotatable bonds is 5. The molecular weight excluding hydrogens is 232 g/mol. The lowest BCUT2D eigenvalue weighted by Gasteiger charge is -2.35. The lowest BCUT2D eigenvalue weighted by Crippen LogP contribution is -2.48. The molecule has 0 aliphatic heterocycles. The van der Waals surface area contributed by atoms with Crippen LogP contribution in [0.2, 0.25) is 0 Å². The number of carbonyl (C=O) groups excluding carboxylic acids is 1. The smallest absolute Gasteiger partial charge is 0.227 e. The number of nitrogens with two attached hydrogens (primary N) is 1. The first kappa shape index (κ1) is 13.2. The fourth-order valence-electron chi connectivity index (χ4n) is 2.77. The molecule has 0 radical (unpaired) electrons. The van der Waals surface area contributed by atoms with E-state index in [1.807, 2.05) is 11.8 Å². The van der Waals surface area contributed by atoms with Crippen molar-refractivity contribution >= 4 is 17.7 Å². The standard InChI is InChI=1S/C13H24N2OS/c1-17-13(7-8-13)10-15-11(16)12(9-14)5-3-2-4-6-12/h2-10,14H2,1H3,(H,15,16). The first-order valence-electron chi connectivity index (χ1n) is 6.70. The van der Waals surface area contributed by atoms with Gasteiger partial charge in [0.25, 0.3) is 0 Å². The molecule has 0 heterocycles. The lowest BCUT2D eigenvalue weighted by molar-refractivity contribution is -0.132. The molecule has 0 aromatic heterocycles. The summed E-state index contributed by atoms with van der Waals surface area (Å²) in [7, 11) is 0. The van der Waals surface area contributed by atoms with Crippen molar-refractivity contribution in [3.63, 3.8) is 0 Å². The maximum absolute atomic E-state index is 12.3. The average molecular weight is 256 g/mol. The Kier molecular flexibility index (Phi) is 4.03. The van der Waals surface area contributed by atoms with Crippen LogP contribution in [-0.4, -0.2) is 30.0 Å². The minimum absolute atomic E-state index is 0.208. The zero-order valence-electron chi connectivity index (χ0n) is 10.8. The maximum atomic E-state index is 12.3. The van der Waals surface area contributed by atoms with Crippen molar-refractivity contribution in [2.75, 3.05) is 19.3 Å². The van der Waals surface area contributed by atoms with Crippen LogP contribution in [0.3, 0.4) is 0 Å². The van der Waals surface area contributed by atoms with E-state index >= 15 is 0 Å². The number of amides is 1. The van der Waals surface area contributed by atoms with E-state index in [1.165, 1.54) is 19.3 Å². The molecule has 0 unspecified atom stereocenters. The molecule has 0 aromatic rings. The van der Waals surface area contributed by atoms with Crippen LogP contribution in [0.1, 0.15) is 44.9 Å². The van der Waals surface area contributed by atoms with Gasteiger partial charge in [-0.1, -0.05) is 19.3 Å². The van der Waals surface area contributed by atoms with Crippen LogP contribution in [0.5, 0.6) is 0 Å². The summed E-state index contributed by atoms with van der Waals surface area (Å²) in [5.74, 6) is 0.208. The maximum Gasteiger partial charge on any atom is 0.227 e. The highest BCUT2D eigenvalue weighted by Gasteiger charge is 2.44. The van der Waals surface area contributed by atoms with Gasteiger partial charge in [-0.3, -0.25) is 4.79 Å². The van der Waals surface area contributed by atoms with E-state index < -0.39 is 0 Å². The van der Waals surface area contributed by atoms with Crippen molar-refractivity contribution < 1.29 is 4.79 Å². The topological polar surface area (TPSA) is 55.1 Å². The highest BCUT2D eigenvalue weighted by molar-refractivity contribution is 8.00. The Morgan fingerprint density at radius 3 is 2.35 bits per heavy atom. The van der Waals surface area contributed by atoms with E-state index in [9.17, 15) is 4.79 Å². The second kappa shape index (κ2) is 5.19. The second-order valence-corrected chi connectivity index (χ2v) is 6.89. The highest BCUT2D eigenvalue weighted by Crippen LogP contribution is 2.46. The molecule has 2 aliphatic rings. The molecule has 0 atom stereocenters. The number of carbonyl (C=O) groups is 1. The van der Waals surface area contributed by atoms with Gasteiger partial charge in [-0.05, 0) is 31.9 Å². The van der Waals surface area contributed by atoms with Crippen molar-refractivity contribution in [1.29, 1.82) is 0 Å². The van der Waals surface area contributed by atoms with Crippen LogP contribution in [0.25, 0.3) is 0 Å². The molecule has 17 heavy (non-hydrogen) atoms. The highest BCUT2D eigenvalue weighted by atomic mass is 32.2. The number of hydrogen-bond acceptors (Lipinski definition) is 3. The summed E-state index contributed by atoms with van der Waals surface area (Å²) in [6.07, 6.45) is 10.1. The van der Waals surface area contributed by atoms with Crippen LogP contribution >= 0.6 is 11.8 Å². The summed E-state index contributed by atoms with van der Waals surface area (Å²) in [4.78, 5) is 12.3. The van der Waals surface area contributed by atoms with Crippen LogP contribution in [0.4, 0.5) is 0 Å². The summed E-state index contributed by atoms with van der Waals surface area (Å²) in [5, 5.41) is 3.16. The largest absolute Gasteiger partial charge is 0.354 e. The fourth-order valence-corrected chi connectivity index (χ4v) is 3.50. The number of nitrogens with one attached hydrogen (secondary N) is 1. The first-order chi connectivity index (χ1) is 8.16. The van der Waals surface area contributed by atoms with Crippen molar-refractivity contribution in [3.8, 4) is 0 Å². The quantitative estimate of drug-likeness (QED) is 0.790. The van der Waals surface area contributed by atoms with Crippen molar-refractivity contribution in [2.24, 2.45) is 11.1 Å². The molecule has 2 fully saturated rings. The molecule has 2 rings (SSSR count). The SMILES string of the molecule is CSC1(CNC(=O)C2(CN)CCCCC2)CC1. The van der Waals surface area contributed by atoms with E-state index in [1.54, 1.807) is 0 Å². The van der Waals surface area contributed by atoms with Gasteiger partial charge in [0.05, 0.1) is 5.41 Å². The predicted molar refractivity (Wildman–Crippen MR) is 73.1 cm³/mol. The Morgan fingerprint density at radius 1 is 1.24 bits per heavy atom. The van der Waals surface area contributed by atoms with Gasteiger partial charge in [-0.2, -0.15) is 11.8 Å². The minimum atomic E-state index is -0.257. The van der Waals surface area contributed by atoms with E-state index in [4.69, 9.17) is 5.73 Å². The molecule has 98 valence electrons. The average Bonchev–Trinajstić information content (AvgIpc) is 3.17. The second-order valence-electron chi connectivity index (χ2n) is 5.61. The third-order valence-corrected chi connectivity index (χ3v) is 5.91. The Hall–Kier alpha value is -0.220. The van der Waals surface area contributed by atoms with Gasteiger partial charge in [-0.15, -0.1) is 0 Å². The van der Waals surface area contributed by atoms with E-state index in [0.717, 1.165) is 32.2 Å². The number of hydrogen-bond donors (Lipinski definition) is 2. The van der Waals surface area contributed by atoms with Crippen LogP contribution < -0.4 is 11.1 Å². The third kappa shape index (κ3) is 2.79. The van der Waals surface area contributed by atoms with E-state index in [2.05, 4.69) is 11.6 Å². The van der Waals surface area contributed by atoms with Crippen molar-refractivity contribution in [3.05, 3.63) is 0 Å². The van der Waals surface area contributed by atoms with Gasteiger partial charge in [-0.25, -0.2) is 0 Å². The van der Waals surface area contributed by atoms with Gasteiger partial charge >= 0.3 is 0 Å². The van der Waals surface area contributed by atoms with Crippen LogP contribution in [0.15, 0.2) is 0 Å². The predicted octanol–water partition coefficient (Wildman–Crippen LogP) is 1.91. The summed E-state index contributed by atoms with van der Waals surface area (Å²) in [6.45, 7) is 1.33. The Balaban J connectivity index is 1.88.